The molecule has 3 heteroatoms. The van der Waals surface area contributed by atoms with Gasteiger partial charge in [0.25, 0.3) is 0 Å². The summed E-state index contributed by atoms with van der Waals surface area (Å²) in [4.78, 5) is 0. The molecule has 104 valence electrons. The fourth-order valence-electron chi connectivity index (χ4n) is 2.98. The molecule has 0 radical (unpaired) electrons. The number of benzene rings is 2. The summed E-state index contributed by atoms with van der Waals surface area (Å²) in [6.07, 6.45) is 1.98. The second-order valence-electron chi connectivity index (χ2n) is 5.56. The van der Waals surface area contributed by atoms with E-state index in [1.807, 2.05) is 12.1 Å². The molecule has 2 atom stereocenters. The molecule has 0 saturated carbocycles. The van der Waals surface area contributed by atoms with E-state index in [0.717, 1.165) is 18.4 Å². The summed E-state index contributed by atoms with van der Waals surface area (Å²) in [6.45, 7) is 1.77. The van der Waals surface area contributed by atoms with Gasteiger partial charge < -0.3 is 0 Å². The summed E-state index contributed by atoms with van der Waals surface area (Å²) in [7, 11) is 0. The maximum Gasteiger partial charge on any atom is 0.126 e. The normalized spacial score (nSPS) is 18.2. The van der Waals surface area contributed by atoms with Gasteiger partial charge in [0.2, 0.25) is 0 Å². The molecule has 2 nitrogen and oxygen atoms in total. The summed E-state index contributed by atoms with van der Waals surface area (Å²) in [5.74, 6) is 6.01. The highest BCUT2D eigenvalue weighted by Crippen LogP contribution is 2.40. The van der Waals surface area contributed by atoms with Crippen molar-refractivity contribution in [2.24, 2.45) is 5.84 Å². The zero-order chi connectivity index (χ0) is 14.1. The van der Waals surface area contributed by atoms with Gasteiger partial charge in [0.05, 0.1) is 0 Å². The minimum absolute atomic E-state index is 0.0107. The van der Waals surface area contributed by atoms with Crippen LogP contribution in [0.5, 0.6) is 0 Å². The van der Waals surface area contributed by atoms with Crippen LogP contribution in [0.2, 0.25) is 0 Å². The second-order valence-corrected chi connectivity index (χ2v) is 5.56. The molecule has 0 heterocycles. The van der Waals surface area contributed by atoms with E-state index < -0.39 is 0 Å². The Kier molecular flexibility index (Phi) is 3.55. The van der Waals surface area contributed by atoms with Crippen molar-refractivity contribution < 1.29 is 4.39 Å². The number of fused-ring (bicyclic) bond motifs is 1. The first kappa shape index (κ1) is 13.3. The largest absolute Gasteiger partial charge is 0.271 e. The lowest BCUT2D eigenvalue weighted by atomic mass is 9.74. The van der Waals surface area contributed by atoms with Gasteiger partial charge in [-0.25, -0.2) is 4.39 Å². The van der Waals surface area contributed by atoms with Crippen LogP contribution in [0.1, 0.15) is 40.6 Å². The fourth-order valence-corrected chi connectivity index (χ4v) is 2.98. The number of aryl methyl sites for hydroxylation is 1. The first-order valence-corrected chi connectivity index (χ1v) is 6.99. The molecule has 0 aliphatic heterocycles. The summed E-state index contributed by atoms with van der Waals surface area (Å²) in [5, 5.41) is 0. The Morgan fingerprint density at radius 1 is 1.30 bits per heavy atom. The Balaban J connectivity index is 1.77. The number of nitrogens with two attached hydrogens (primary N) is 1. The third-order valence-electron chi connectivity index (χ3n) is 4.28. The van der Waals surface area contributed by atoms with Gasteiger partial charge in [-0.15, -0.1) is 0 Å². The molecule has 0 fully saturated rings. The minimum atomic E-state index is -0.170. The van der Waals surface area contributed by atoms with Crippen molar-refractivity contribution in [3.05, 3.63) is 70.5 Å². The average Bonchev–Trinajstić information content (AvgIpc) is 2.44. The lowest BCUT2D eigenvalue weighted by Gasteiger charge is -2.33. The monoisotopic (exact) mass is 270 g/mol. The van der Waals surface area contributed by atoms with E-state index in [1.165, 1.54) is 11.1 Å². The Bertz CT molecular complexity index is 624. The van der Waals surface area contributed by atoms with Gasteiger partial charge in [-0.2, -0.15) is 0 Å². The van der Waals surface area contributed by atoms with Gasteiger partial charge in [-0.3, -0.25) is 11.3 Å². The van der Waals surface area contributed by atoms with Crippen molar-refractivity contribution in [2.75, 3.05) is 0 Å². The number of nitrogens with one attached hydrogen (secondary N) is 1. The molecule has 3 N–H and O–H groups in total. The van der Waals surface area contributed by atoms with Gasteiger partial charge in [-0.05, 0) is 54.0 Å². The molecule has 20 heavy (non-hydrogen) atoms. The van der Waals surface area contributed by atoms with Gasteiger partial charge in [0, 0.05) is 6.04 Å². The van der Waals surface area contributed by atoms with Crippen molar-refractivity contribution in [1.82, 2.24) is 5.43 Å². The summed E-state index contributed by atoms with van der Waals surface area (Å²) >= 11 is 0. The van der Waals surface area contributed by atoms with Gasteiger partial charge in [-0.1, -0.05) is 36.4 Å². The van der Waals surface area contributed by atoms with Crippen LogP contribution in [0.3, 0.4) is 0 Å². The van der Waals surface area contributed by atoms with E-state index in [-0.39, 0.29) is 11.9 Å². The highest BCUT2D eigenvalue weighted by molar-refractivity contribution is 5.40. The number of halogens is 1. The van der Waals surface area contributed by atoms with Crippen LogP contribution in [0.4, 0.5) is 4.39 Å². The smallest absolute Gasteiger partial charge is 0.126 e. The molecule has 1 aliphatic rings. The predicted octanol–water partition coefficient (Wildman–Crippen LogP) is 3.37. The molecule has 2 aromatic rings. The fraction of sp³-hybridized carbons (Fsp3) is 0.294. The molecule has 3 rings (SSSR count). The summed E-state index contributed by atoms with van der Waals surface area (Å²) in [5.41, 5.74) is 7.23. The highest BCUT2D eigenvalue weighted by atomic mass is 19.1. The van der Waals surface area contributed by atoms with Crippen LogP contribution in [-0.4, -0.2) is 0 Å². The maximum absolute atomic E-state index is 13.7. The summed E-state index contributed by atoms with van der Waals surface area (Å²) < 4.78 is 13.7. The highest BCUT2D eigenvalue weighted by Gasteiger charge is 2.28. The van der Waals surface area contributed by atoms with E-state index in [9.17, 15) is 4.39 Å². The zero-order valence-electron chi connectivity index (χ0n) is 11.6. The zero-order valence-corrected chi connectivity index (χ0v) is 11.6. The molecular formula is C17H19FN2. The van der Waals surface area contributed by atoms with Crippen LogP contribution in [0.25, 0.3) is 0 Å². The standard InChI is InChI=1S/C17H19FN2/c1-11-6-7-13(9-16(11)18)17(20-19)10-14-8-12-4-2-3-5-15(12)14/h2-7,9,14,17,20H,8,10,19H2,1H3. The van der Waals surface area contributed by atoms with Crippen molar-refractivity contribution in [3.63, 3.8) is 0 Å². The predicted molar refractivity (Wildman–Crippen MR) is 78.7 cm³/mol. The number of hydrogen-bond acceptors (Lipinski definition) is 2. The topological polar surface area (TPSA) is 38.0 Å². The molecule has 2 aromatic carbocycles. The number of hydrazine groups is 1. The van der Waals surface area contributed by atoms with Crippen molar-refractivity contribution in [3.8, 4) is 0 Å². The van der Waals surface area contributed by atoms with E-state index in [1.54, 1.807) is 13.0 Å². The minimum Gasteiger partial charge on any atom is -0.271 e. The van der Waals surface area contributed by atoms with Crippen molar-refractivity contribution >= 4 is 0 Å². The Hall–Kier alpha value is -1.71. The van der Waals surface area contributed by atoms with E-state index in [4.69, 9.17) is 5.84 Å². The Labute approximate surface area is 118 Å². The third-order valence-corrected chi connectivity index (χ3v) is 4.28. The third kappa shape index (κ3) is 2.35. The molecule has 0 spiro atoms. The molecule has 2 unspecified atom stereocenters. The van der Waals surface area contributed by atoms with Crippen LogP contribution in [0.15, 0.2) is 42.5 Å². The molecule has 0 amide bonds. The van der Waals surface area contributed by atoms with E-state index >= 15 is 0 Å². The van der Waals surface area contributed by atoms with Crippen molar-refractivity contribution in [1.29, 1.82) is 0 Å². The number of hydrogen-bond donors (Lipinski definition) is 2. The molecule has 1 aliphatic carbocycles. The SMILES string of the molecule is Cc1ccc(C(CC2Cc3ccccc32)NN)cc1F. The van der Waals surface area contributed by atoms with Gasteiger partial charge >= 0.3 is 0 Å². The quantitative estimate of drug-likeness (QED) is 0.660. The molecular weight excluding hydrogens is 251 g/mol. The lowest BCUT2D eigenvalue weighted by molar-refractivity contribution is 0.433. The first-order valence-electron chi connectivity index (χ1n) is 6.99. The lowest BCUT2D eigenvalue weighted by Crippen LogP contribution is -2.31. The molecule has 0 saturated heterocycles. The average molecular weight is 270 g/mol. The Morgan fingerprint density at radius 3 is 2.80 bits per heavy atom. The van der Waals surface area contributed by atoms with Crippen LogP contribution in [0, 0.1) is 12.7 Å². The van der Waals surface area contributed by atoms with Crippen molar-refractivity contribution in [2.45, 2.75) is 31.7 Å². The first-order chi connectivity index (χ1) is 9.69. The summed E-state index contributed by atoms with van der Waals surface area (Å²) in [6, 6.07) is 13.8. The van der Waals surface area contributed by atoms with E-state index in [2.05, 4.69) is 29.7 Å². The van der Waals surface area contributed by atoms with Gasteiger partial charge in [0.15, 0.2) is 0 Å². The number of rotatable bonds is 4. The molecule has 0 aromatic heterocycles. The molecule has 0 bridgehead atoms. The maximum atomic E-state index is 13.7. The van der Waals surface area contributed by atoms with Crippen LogP contribution in [-0.2, 0) is 6.42 Å². The second kappa shape index (κ2) is 5.35. The van der Waals surface area contributed by atoms with Gasteiger partial charge in [0.1, 0.15) is 5.82 Å². The van der Waals surface area contributed by atoms with Crippen LogP contribution < -0.4 is 11.3 Å². The van der Waals surface area contributed by atoms with E-state index in [0.29, 0.717) is 11.5 Å². The van der Waals surface area contributed by atoms with Crippen LogP contribution >= 0.6 is 0 Å². The Morgan fingerprint density at radius 2 is 2.10 bits per heavy atom.